The molecule has 1 N–H and O–H groups in total. The molecule has 2 aliphatic heterocycles. The lowest BCUT2D eigenvalue weighted by Crippen LogP contribution is -2.43. The Morgan fingerprint density at radius 2 is 1.77 bits per heavy atom. The van der Waals surface area contributed by atoms with Crippen LogP contribution in [0.5, 0.6) is 11.5 Å². The minimum absolute atomic E-state index is 0.225. The van der Waals surface area contributed by atoms with Crippen molar-refractivity contribution in [1.82, 2.24) is 5.01 Å². The quantitative estimate of drug-likeness (QED) is 0.726. The Bertz CT molecular complexity index is 1020. The van der Waals surface area contributed by atoms with Crippen LogP contribution in [-0.4, -0.2) is 55.6 Å². The summed E-state index contributed by atoms with van der Waals surface area (Å²) in [6.45, 7) is -0.225. The standard InChI is InChI=1S/C20H19N5O5/c1-29-14-8-6-13(7-9-14)25-19(27)17-18(20(25)28)24(23-22-17)11-16(26)21-12-4-3-5-15(10-12)30-2/h3-10,17-18H,11H2,1-2H3,(H,21,26). The Morgan fingerprint density at radius 3 is 2.47 bits per heavy atom. The van der Waals surface area contributed by atoms with E-state index < -0.39 is 29.8 Å². The molecule has 0 aliphatic carbocycles. The van der Waals surface area contributed by atoms with Gasteiger partial charge < -0.3 is 14.8 Å². The van der Waals surface area contributed by atoms with Gasteiger partial charge in [-0.2, -0.15) is 5.11 Å². The van der Waals surface area contributed by atoms with Crippen LogP contribution in [0, 0.1) is 0 Å². The molecule has 0 saturated carbocycles. The average Bonchev–Trinajstić information content (AvgIpc) is 3.27. The Labute approximate surface area is 172 Å². The van der Waals surface area contributed by atoms with E-state index in [1.54, 1.807) is 48.5 Å². The van der Waals surface area contributed by atoms with E-state index in [1.807, 2.05) is 0 Å². The molecule has 2 aromatic rings. The Kier molecular flexibility index (Phi) is 5.05. The van der Waals surface area contributed by atoms with Gasteiger partial charge in [-0.3, -0.25) is 19.4 Å². The van der Waals surface area contributed by atoms with Gasteiger partial charge in [0.15, 0.2) is 12.1 Å². The summed E-state index contributed by atoms with van der Waals surface area (Å²) in [6.07, 6.45) is 0. The summed E-state index contributed by atoms with van der Waals surface area (Å²) in [6, 6.07) is 11.5. The van der Waals surface area contributed by atoms with Crippen molar-refractivity contribution in [1.29, 1.82) is 0 Å². The third-order valence-corrected chi connectivity index (χ3v) is 4.85. The van der Waals surface area contributed by atoms with Crippen molar-refractivity contribution in [3.05, 3.63) is 48.5 Å². The van der Waals surface area contributed by atoms with E-state index in [1.165, 1.54) is 19.2 Å². The highest BCUT2D eigenvalue weighted by molar-refractivity contribution is 6.25. The third kappa shape index (κ3) is 3.43. The van der Waals surface area contributed by atoms with E-state index >= 15 is 0 Å². The van der Waals surface area contributed by atoms with Gasteiger partial charge in [-0.1, -0.05) is 11.3 Å². The number of hydrogen-bond acceptors (Lipinski definition) is 8. The molecule has 1 saturated heterocycles. The number of hydrogen-bond donors (Lipinski definition) is 1. The topological polar surface area (TPSA) is 113 Å². The maximum atomic E-state index is 12.9. The van der Waals surface area contributed by atoms with Gasteiger partial charge in [0.25, 0.3) is 11.8 Å². The maximum Gasteiger partial charge on any atom is 0.263 e. The summed E-state index contributed by atoms with van der Waals surface area (Å²) < 4.78 is 10.2. The van der Waals surface area contributed by atoms with Crippen molar-refractivity contribution < 1.29 is 23.9 Å². The zero-order chi connectivity index (χ0) is 21.3. The van der Waals surface area contributed by atoms with Gasteiger partial charge in [0.1, 0.15) is 18.0 Å². The summed E-state index contributed by atoms with van der Waals surface area (Å²) in [5.74, 6) is -0.149. The van der Waals surface area contributed by atoms with Gasteiger partial charge in [-0.05, 0) is 36.4 Å². The molecule has 0 spiro atoms. The second-order valence-corrected chi connectivity index (χ2v) is 6.68. The van der Waals surface area contributed by atoms with Crippen LogP contribution in [0.2, 0.25) is 0 Å². The van der Waals surface area contributed by atoms with E-state index in [0.717, 1.165) is 4.90 Å². The van der Waals surface area contributed by atoms with Gasteiger partial charge in [0.2, 0.25) is 5.91 Å². The van der Waals surface area contributed by atoms with Crippen LogP contribution in [0.1, 0.15) is 0 Å². The lowest BCUT2D eigenvalue weighted by Gasteiger charge is -2.20. The first-order chi connectivity index (χ1) is 14.5. The molecule has 154 valence electrons. The molecule has 10 heteroatoms. The van der Waals surface area contributed by atoms with Crippen molar-refractivity contribution in [2.24, 2.45) is 10.3 Å². The molecule has 2 atom stereocenters. The average molecular weight is 409 g/mol. The molecule has 4 rings (SSSR count). The number of carbonyl (C=O) groups excluding carboxylic acids is 3. The predicted octanol–water partition coefficient (Wildman–Crippen LogP) is 1.64. The van der Waals surface area contributed by atoms with Gasteiger partial charge in [0.05, 0.1) is 19.9 Å². The molecule has 2 unspecified atom stereocenters. The number of carbonyl (C=O) groups is 3. The molecular weight excluding hydrogens is 390 g/mol. The minimum atomic E-state index is -0.968. The minimum Gasteiger partial charge on any atom is -0.497 e. The maximum absolute atomic E-state index is 12.9. The Hall–Kier alpha value is -3.95. The van der Waals surface area contributed by atoms with Crippen LogP contribution < -0.4 is 19.7 Å². The fourth-order valence-corrected chi connectivity index (χ4v) is 3.39. The first-order valence-corrected chi connectivity index (χ1v) is 9.15. The molecule has 0 radical (unpaired) electrons. The molecule has 1 fully saturated rings. The molecule has 3 amide bonds. The van der Waals surface area contributed by atoms with E-state index in [2.05, 4.69) is 15.7 Å². The van der Waals surface area contributed by atoms with E-state index in [9.17, 15) is 14.4 Å². The molecule has 0 bridgehead atoms. The Morgan fingerprint density at radius 1 is 1.03 bits per heavy atom. The van der Waals surface area contributed by atoms with Crippen molar-refractivity contribution in [3.63, 3.8) is 0 Å². The number of anilines is 2. The van der Waals surface area contributed by atoms with Crippen LogP contribution in [0.3, 0.4) is 0 Å². The highest BCUT2D eigenvalue weighted by Crippen LogP contribution is 2.32. The molecule has 10 nitrogen and oxygen atoms in total. The molecule has 2 heterocycles. The van der Waals surface area contributed by atoms with Crippen molar-refractivity contribution >= 4 is 29.1 Å². The summed E-state index contributed by atoms with van der Waals surface area (Å²) in [5.41, 5.74) is 0.955. The summed E-state index contributed by atoms with van der Waals surface area (Å²) in [5, 5.41) is 11.8. The fourth-order valence-electron chi connectivity index (χ4n) is 3.39. The van der Waals surface area contributed by atoms with Crippen LogP contribution >= 0.6 is 0 Å². The fraction of sp³-hybridized carbons (Fsp3) is 0.250. The lowest BCUT2D eigenvalue weighted by atomic mass is 10.1. The van der Waals surface area contributed by atoms with Gasteiger partial charge >= 0.3 is 0 Å². The van der Waals surface area contributed by atoms with E-state index in [-0.39, 0.29) is 6.54 Å². The zero-order valence-electron chi connectivity index (χ0n) is 16.3. The highest BCUT2D eigenvalue weighted by Gasteiger charge is 2.55. The van der Waals surface area contributed by atoms with E-state index in [0.29, 0.717) is 22.9 Å². The number of nitrogens with one attached hydrogen (secondary N) is 1. The first kappa shape index (κ1) is 19.4. The predicted molar refractivity (Wildman–Crippen MR) is 106 cm³/mol. The second kappa shape index (κ2) is 7.82. The molecule has 2 aliphatic rings. The van der Waals surface area contributed by atoms with Gasteiger partial charge in [0, 0.05) is 11.8 Å². The van der Waals surface area contributed by atoms with Crippen molar-refractivity contribution in [2.45, 2.75) is 12.1 Å². The second-order valence-electron chi connectivity index (χ2n) is 6.68. The molecule has 0 aromatic heterocycles. The third-order valence-electron chi connectivity index (χ3n) is 4.85. The number of ether oxygens (including phenoxy) is 2. The SMILES string of the molecule is COc1ccc(N2C(=O)C3N=NN(CC(=O)Nc4cccc(OC)c4)C3C2=O)cc1. The van der Waals surface area contributed by atoms with Crippen molar-refractivity contribution in [3.8, 4) is 11.5 Å². The first-order valence-electron chi connectivity index (χ1n) is 9.15. The van der Waals surface area contributed by atoms with Gasteiger partial charge in [-0.25, -0.2) is 4.90 Å². The van der Waals surface area contributed by atoms with Crippen molar-refractivity contribution in [2.75, 3.05) is 31.0 Å². The smallest absolute Gasteiger partial charge is 0.263 e. The number of benzene rings is 2. The normalized spacial score (nSPS) is 19.8. The number of nitrogens with zero attached hydrogens (tertiary/aromatic N) is 4. The summed E-state index contributed by atoms with van der Waals surface area (Å²) >= 11 is 0. The van der Waals surface area contributed by atoms with Crippen LogP contribution in [0.25, 0.3) is 0 Å². The highest BCUT2D eigenvalue weighted by atomic mass is 16.5. The lowest BCUT2D eigenvalue weighted by molar-refractivity contribution is -0.123. The van der Waals surface area contributed by atoms with Crippen LogP contribution in [0.4, 0.5) is 11.4 Å². The Balaban J connectivity index is 1.46. The molecule has 30 heavy (non-hydrogen) atoms. The number of imide groups is 1. The van der Waals surface area contributed by atoms with Crippen LogP contribution in [0.15, 0.2) is 58.9 Å². The number of fused-ring (bicyclic) bond motifs is 1. The summed E-state index contributed by atoms with van der Waals surface area (Å²) in [7, 11) is 3.06. The van der Waals surface area contributed by atoms with Crippen LogP contribution in [-0.2, 0) is 14.4 Å². The number of methoxy groups -OCH3 is 2. The largest absolute Gasteiger partial charge is 0.497 e. The number of amides is 3. The number of rotatable bonds is 6. The monoisotopic (exact) mass is 409 g/mol. The summed E-state index contributed by atoms with van der Waals surface area (Å²) in [4.78, 5) is 39.2. The van der Waals surface area contributed by atoms with E-state index in [4.69, 9.17) is 9.47 Å². The molecular formula is C20H19N5O5. The zero-order valence-corrected chi connectivity index (χ0v) is 16.3. The van der Waals surface area contributed by atoms with Gasteiger partial charge in [-0.15, -0.1) is 0 Å². The molecule has 2 aromatic carbocycles.